The SMILES string of the molecule is CC(CNC(=O)CCc1nc(C(C)C)no1)CN1CCCC1. The molecule has 1 unspecified atom stereocenters. The largest absolute Gasteiger partial charge is 0.356 e. The zero-order chi connectivity index (χ0) is 15.9. The van der Waals surface area contributed by atoms with Gasteiger partial charge in [0.15, 0.2) is 5.82 Å². The van der Waals surface area contributed by atoms with Gasteiger partial charge in [0.1, 0.15) is 0 Å². The fourth-order valence-corrected chi connectivity index (χ4v) is 2.67. The summed E-state index contributed by atoms with van der Waals surface area (Å²) < 4.78 is 5.14. The minimum atomic E-state index is 0.0533. The first kappa shape index (κ1) is 16.9. The molecule has 124 valence electrons. The lowest BCUT2D eigenvalue weighted by atomic mass is 10.1. The average Bonchev–Trinajstić information content (AvgIpc) is 3.14. The van der Waals surface area contributed by atoms with E-state index in [4.69, 9.17) is 4.52 Å². The van der Waals surface area contributed by atoms with Gasteiger partial charge in [-0.15, -0.1) is 0 Å². The molecule has 0 aromatic carbocycles. The fourth-order valence-electron chi connectivity index (χ4n) is 2.67. The summed E-state index contributed by atoms with van der Waals surface area (Å²) in [6, 6.07) is 0. The summed E-state index contributed by atoms with van der Waals surface area (Å²) in [4.78, 5) is 18.6. The van der Waals surface area contributed by atoms with Crippen LogP contribution in [0.2, 0.25) is 0 Å². The molecule has 22 heavy (non-hydrogen) atoms. The molecule has 0 aliphatic carbocycles. The second kappa shape index (κ2) is 8.27. The number of nitrogens with one attached hydrogen (secondary N) is 1. The molecule has 0 spiro atoms. The zero-order valence-electron chi connectivity index (χ0n) is 14.0. The van der Waals surface area contributed by atoms with Crippen LogP contribution in [0, 0.1) is 5.92 Å². The van der Waals surface area contributed by atoms with Crippen molar-refractivity contribution in [2.75, 3.05) is 26.2 Å². The van der Waals surface area contributed by atoms with E-state index >= 15 is 0 Å². The minimum Gasteiger partial charge on any atom is -0.356 e. The van der Waals surface area contributed by atoms with Crippen molar-refractivity contribution in [2.24, 2.45) is 5.92 Å². The van der Waals surface area contributed by atoms with Crippen LogP contribution in [-0.4, -0.2) is 47.1 Å². The van der Waals surface area contributed by atoms with Gasteiger partial charge in [0.05, 0.1) is 0 Å². The van der Waals surface area contributed by atoms with Crippen LogP contribution in [0.4, 0.5) is 0 Å². The second-order valence-corrected chi connectivity index (χ2v) is 6.62. The Morgan fingerprint density at radius 2 is 2.05 bits per heavy atom. The molecule has 6 heteroatoms. The van der Waals surface area contributed by atoms with Crippen molar-refractivity contribution < 1.29 is 9.32 Å². The molecule has 0 saturated carbocycles. The van der Waals surface area contributed by atoms with Crippen molar-refractivity contribution in [1.29, 1.82) is 0 Å². The van der Waals surface area contributed by atoms with Gasteiger partial charge in [0.2, 0.25) is 11.8 Å². The van der Waals surface area contributed by atoms with Gasteiger partial charge in [-0.3, -0.25) is 4.79 Å². The third-order valence-electron chi connectivity index (χ3n) is 3.98. The minimum absolute atomic E-state index is 0.0533. The zero-order valence-corrected chi connectivity index (χ0v) is 14.0. The van der Waals surface area contributed by atoms with Gasteiger partial charge >= 0.3 is 0 Å². The van der Waals surface area contributed by atoms with Crippen LogP contribution in [0.5, 0.6) is 0 Å². The first-order chi connectivity index (χ1) is 10.5. The summed E-state index contributed by atoms with van der Waals surface area (Å²) in [5.41, 5.74) is 0. The highest BCUT2D eigenvalue weighted by atomic mass is 16.5. The predicted octanol–water partition coefficient (Wildman–Crippen LogP) is 1.97. The topological polar surface area (TPSA) is 71.3 Å². The van der Waals surface area contributed by atoms with Gasteiger partial charge in [-0.05, 0) is 31.8 Å². The highest BCUT2D eigenvalue weighted by molar-refractivity contribution is 5.75. The van der Waals surface area contributed by atoms with Crippen molar-refractivity contribution in [2.45, 2.75) is 52.4 Å². The van der Waals surface area contributed by atoms with Crippen molar-refractivity contribution in [1.82, 2.24) is 20.4 Å². The monoisotopic (exact) mass is 308 g/mol. The molecule has 1 aliphatic heterocycles. The van der Waals surface area contributed by atoms with E-state index in [1.165, 1.54) is 25.9 Å². The van der Waals surface area contributed by atoms with Crippen LogP contribution < -0.4 is 5.32 Å². The standard InChI is InChI=1S/C16H28N4O2/c1-12(2)16-18-15(22-19-16)7-6-14(21)17-10-13(3)11-20-8-4-5-9-20/h12-13H,4-11H2,1-3H3,(H,17,21). The fraction of sp³-hybridized carbons (Fsp3) is 0.812. The highest BCUT2D eigenvalue weighted by Gasteiger charge is 2.15. The van der Waals surface area contributed by atoms with Crippen LogP contribution in [0.25, 0.3) is 0 Å². The quantitative estimate of drug-likeness (QED) is 0.795. The number of hydrogen-bond donors (Lipinski definition) is 1. The lowest BCUT2D eigenvalue weighted by Crippen LogP contribution is -2.34. The van der Waals surface area contributed by atoms with Crippen LogP contribution in [0.1, 0.15) is 57.7 Å². The van der Waals surface area contributed by atoms with E-state index in [-0.39, 0.29) is 11.8 Å². The predicted molar refractivity (Wildman–Crippen MR) is 84.6 cm³/mol. The van der Waals surface area contributed by atoms with Crippen molar-refractivity contribution in [3.8, 4) is 0 Å². The van der Waals surface area contributed by atoms with Crippen LogP contribution >= 0.6 is 0 Å². The second-order valence-electron chi connectivity index (χ2n) is 6.62. The van der Waals surface area contributed by atoms with Crippen molar-refractivity contribution in [3.05, 3.63) is 11.7 Å². The van der Waals surface area contributed by atoms with E-state index in [0.29, 0.717) is 30.5 Å². The molecule has 0 radical (unpaired) electrons. The smallest absolute Gasteiger partial charge is 0.227 e. The molecule has 1 aliphatic rings. The number of aromatic nitrogens is 2. The summed E-state index contributed by atoms with van der Waals surface area (Å²) in [7, 11) is 0. The Hall–Kier alpha value is -1.43. The molecule has 1 aromatic heterocycles. The van der Waals surface area contributed by atoms with Crippen LogP contribution in [-0.2, 0) is 11.2 Å². The number of amides is 1. The number of likely N-dealkylation sites (tertiary alicyclic amines) is 1. The highest BCUT2D eigenvalue weighted by Crippen LogP contribution is 2.11. The maximum Gasteiger partial charge on any atom is 0.227 e. The first-order valence-corrected chi connectivity index (χ1v) is 8.36. The van der Waals surface area contributed by atoms with Crippen LogP contribution in [0.15, 0.2) is 4.52 Å². The maximum absolute atomic E-state index is 11.9. The van der Waals surface area contributed by atoms with Gasteiger partial charge in [0.25, 0.3) is 0 Å². The van der Waals surface area contributed by atoms with E-state index in [1.807, 2.05) is 13.8 Å². The number of nitrogens with zero attached hydrogens (tertiary/aromatic N) is 3. The molecule has 1 N–H and O–H groups in total. The summed E-state index contributed by atoms with van der Waals surface area (Å²) in [6.45, 7) is 10.4. The van der Waals surface area contributed by atoms with Gasteiger partial charge in [-0.2, -0.15) is 4.98 Å². The summed E-state index contributed by atoms with van der Waals surface area (Å²) >= 11 is 0. The van der Waals surface area contributed by atoms with Gasteiger partial charge < -0.3 is 14.7 Å². The molecule has 2 rings (SSSR count). The van der Waals surface area contributed by atoms with Crippen molar-refractivity contribution in [3.63, 3.8) is 0 Å². The average molecular weight is 308 g/mol. The number of carbonyl (C=O) groups is 1. The molecule has 0 bridgehead atoms. The third kappa shape index (κ3) is 5.40. The number of rotatable bonds is 8. The van der Waals surface area contributed by atoms with E-state index in [1.54, 1.807) is 0 Å². The Morgan fingerprint density at radius 3 is 2.68 bits per heavy atom. The molecular formula is C16H28N4O2. The summed E-state index contributed by atoms with van der Waals surface area (Å²) in [6.07, 6.45) is 3.52. The molecule has 1 fully saturated rings. The van der Waals surface area contributed by atoms with Gasteiger partial charge in [-0.1, -0.05) is 25.9 Å². The molecule has 1 amide bonds. The molecular weight excluding hydrogens is 280 g/mol. The first-order valence-electron chi connectivity index (χ1n) is 8.36. The van der Waals surface area contributed by atoms with E-state index in [2.05, 4.69) is 27.3 Å². The Balaban J connectivity index is 1.62. The number of aryl methyl sites for hydroxylation is 1. The van der Waals surface area contributed by atoms with E-state index in [0.717, 1.165) is 13.1 Å². The maximum atomic E-state index is 11.9. The Morgan fingerprint density at radius 1 is 1.32 bits per heavy atom. The third-order valence-corrected chi connectivity index (χ3v) is 3.98. The number of hydrogen-bond acceptors (Lipinski definition) is 5. The molecule has 6 nitrogen and oxygen atoms in total. The normalized spacial score (nSPS) is 17.1. The van der Waals surface area contributed by atoms with Gasteiger partial charge in [0, 0.05) is 31.8 Å². The van der Waals surface area contributed by atoms with Crippen LogP contribution in [0.3, 0.4) is 0 Å². The lowest BCUT2D eigenvalue weighted by molar-refractivity contribution is -0.121. The van der Waals surface area contributed by atoms with Crippen molar-refractivity contribution >= 4 is 5.91 Å². The molecule has 1 atom stereocenters. The molecule has 1 aromatic rings. The molecule has 1 saturated heterocycles. The summed E-state index contributed by atoms with van der Waals surface area (Å²) in [5.74, 6) is 2.03. The number of carbonyl (C=O) groups excluding carboxylic acids is 1. The van der Waals surface area contributed by atoms with E-state index < -0.39 is 0 Å². The Kier molecular flexibility index (Phi) is 6.36. The van der Waals surface area contributed by atoms with Gasteiger partial charge in [-0.25, -0.2) is 0 Å². The van der Waals surface area contributed by atoms with E-state index in [9.17, 15) is 4.79 Å². The lowest BCUT2D eigenvalue weighted by Gasteiger charge is -2.20. The Bertz CT molecular complexity index is 466. The molecule has 2 heterocycles. The summed E-state index contributed by atoms with van der Waals surface area (Å²) in [5, 5.41) is 6.90. The Labute approximate surface area is 132 Å².